The first-order valence-electron chi connectivity index (χ1n) is 3.36. The van der Waals surface area contributed by atoms with Crippen molar-refractivity contribution in [3.05, 3.63) is 28.8 Å². The Labute approximate surface area is 89.7 Å². The van der Waals surface area contributed by atoms with E-state index in [4.69, 9.17) is 0 Å². The third kappa shape index (κ3) is 2.51. The van der Waals surface area contributed by atoms with Crippen LogP contribution in [0.15, 0.2) is 12.1 Å². The van der Waals surface area contributed by atoms with E-state index in [1.165, 1.54) is 0 Å². The Hall–Kier alpha value is 0.0200. The SMILES string of the molecule is Cc1cc(C)c([O-])c(C)c1.[Na+]. The molecule has 0 spiro atoms. The smallest absolute Gasteiger partial charge is 0.872 e. The van der Waals surface area contributed by atoms with Gasteiger partial charge >= 0.3 is 29.6 Å². The molecule has 1 aromatic rings. The Balaban J connectivity index is 0.000001000. The summed E-state index contributed by atoms with van der Waals surface area (Å²) in [6.45, 7) is 5.70. The predicted molar refractivity (Wildman–Crippen MR) is 40.1 cm³/mol. The average Bonchev–Trinajstić information content (AvgIpc) is 1.82. The van der Waals surface area contributed by atoms with Gasteiger partial charge in [0.2, 0.25) is 0 Å². The van der Waals surface area contributed by atoms with Gasteiger partial charge in [0, 0.05) is 0 Å². The molecule has 0 radical (unpaired) electrons. The first kappa shape index (κ1) is 11.0. The molecule has 0 aliphatic heterocycles. The van der Waals surface area contributed by atoms with Gasteiger partial charge in [0.1, 0.15) is 0 Å². The molecule has 0 fully saturated rings. The standard InChI is InChI=1S/C9H12O.Na/c1-6-4-7(2)9(10)8(3)5-6;/h4-5,10H,1-3H3;/q;+1/p-1. The van der Waals surface area contributed by atoms with Crippen molar-refractivity contribution < 1.29 is 34.7 Å². The van der Waals surface area contributed by atoms with Crippen LogP contribution in [0.1, 0.15) is 16.7 Å². The molecule has 11 heavy (non-hydrogen) atoms. The van der Waals surface area contributed by atoms with Crippen LogP contribution in [0.5, 0.6) is 5.75 Å². The van der Waals surface area contributed by atoms with E-state index in [0.717, 1.165) is 16.7 Å². The molecule has 0 N–H and O–H groups in total. The molecule has 0 saturated carbocycles. The summed E-state index contributed by atoms with van der Waals surface area (Å²) in [4.78, 5) is 0. The quantitative estimate of drug-likeness (QED) is 0.430. The molecule has 0 atom stereocenters. The fourth-order valence-corrected chi connectivity index (χ4v) is 1.17. The summed E-state index contributed by atoms with van der Waals surface area (Å²) in [5, 5.41) is 11.1. The summed E-state index contributed by atoms with van der Waals surface area (Å²) < 4.78 is 0. The third-order valence-electron chi connectivity index (χ3n) is 1.60. The number of rotatable bonds is 0. The molecule has 1 rings (SSSR count). The molecule has 0 amide bonds. The number of aryl methyl sites for hydroxylation is 3. The normalized spacial score (nSPS) is 9.00. The van der Waals surface area contributed by atoms with E-state index >= 15 is 0 Å². The molecule has 0 unspecified atom stereocenters. The van der Waals surface area contributed by atoms with Gasteiger partial charge in [-0.2, -0.15) is 0 Å². The van der Waals surface area contributed by atoms with Crippen molar-refractivity contribution in [2.75, 3.05) is 0 Å². The predicted octanol–water partition coefficient (Wildman–Crippen LogP) is -1.31. The van der Waals surface area contributed by atoms with Gasteiger partial charge in [0.25, 0.3) is 0 Å². The summed E-state index contributed by atoms with van der Waals surface area (Å²) >= 11 is 0. The largest absolute Gasteiger partial charge is 1.00 e. The zero-order valence-electron chi connectivity index (χ0n) is 7.56. The second-order valence-electron chi connectivity index (χ2n) is 2.73. The van der Waals surface area contributed by atoms with Crippen molar-refractivity contribution in [1.82, 2.24) is 0 Å². The van der Waals surface area contributed by atoms with Crippen LogP contribution < -0.4 is 34.7 Å². The topological polar surface area (TPSA) is 23.1 Å². The molecule has 0 aromatic heterocycles. The Morgan fingerprint density at radius 1 is 1.00 bits per heavy atom. The van der Waals surface area contributed by atoms with E-state index in [9.17, 15) is 5.11 Å². The van der Waals surface area contributed by atoms with Crippen LogP contribution in [-0.4, -0.2) is 0 Å². The van der Waals surface area contributed by atoms with E-state index in [-0.39, 0.29) is 35.3 Å². The van der Waals surface area contributed by atoms with E-state index in [1.807, 2.05) is 32.9 Å². The minimum absolute atomic E-state index is 0. The van der Waals surface area contributed by atoms with Crippen molar-refractivity contribution in [2.45, 2.75) is 20.8 Å². The minimum atomic E-state index is 0. The summed E-state index contributed by atoms with van der Waals surface area (Å²) in [6.07, 6.45) is 0. The van der Waals surface area contributed by atoms with Crippen LogP contribution in [0.2, 0.25) is 0 Å². The Kier molecular flexibility index (Phi) is 4.16. The molecule has 1 aromatic carbocycles. The fourth-order valence-electron chi connectivity index (χ4n) is 1.17. The minimum Gasteiger partial charge on any atom is -0.872 e. The van der Waals surface area contributed by atoms with Gasteiger partial charge in [0.05, 0.1) is 0 Å². The Morgan fingerprint density at radius 2 is 1.36 bits per heavy atom. The first-order chi connectivity index (χ1) is 4.61. The maximum atomic E-state index is 11.1. The third-order valence-corrected chi connectivity index (χ3v) is 1.60. The maximum Gasteiger partial charge on any atom is 1.00 e. The molecular weight excluding hydrogens is 147 g/mol. The Bertz CT molecular complexity index is 233. The van der Waals surface area contributed by atoms with Gasteiger partial charge < -0.3 is 5.11 Å². The zero-order valence-corrected chi connectivity index (χ0v) is 9.56. The first-order valence-corrected chi connectivity index (χ1v) is 3.36. The van der Waals surface area contributed by atoms with Crippen molar-refractivity contribution in [2.24, 2.45) is 0 Å². The number of benzene rings is 1. The van der Waals surface area contributed by atoms with Crippen molar-refractivity contribution in [3.63, 3.8) is 0 Å². The van der Waals surface area contributed by atoms with Gasteiger partial charge in [-0.05, 0) is 20.8 Å². The maximum absolute atomic E-state index is 11.1. The summed E-state index contributed by atoms with van der Waals surface area (Å²) in [5.41, 5.74) is 2.85. The van der Waals surface area contributed by atoms with E-state index in [2.05, 4.69) is 0 Å². The van der Waals surface area contributed by atoms with E-state index in [1.54, 1.807) is 0 Å². The van der Waals surface area contributed by atoms with Crippen LogP contribution in [-0.2, 0) is 0 Å². The van der Waals surface area contributed by atoms with Crippen molar-refractivity contribution in [3.8, 4) is 5.75 Å². The number of hydrogen-bond donors (Lipinski definition) is 0. The van der Waals surface area contributed by atoms with Crippen LogP contribution in [0.25, 0.3) is 0 Å². The number of hydrogen-bond acceptors (Lipinski definition) is 1. The summed E-state index contributed by atoms with van der Waals surface area (Å²) in [7, 11) is 0. The molecule has 54 valence electrons. The van der Waals surface area contributed by atoms with Crippen LogP contribution >= 0.6 is 0 Å². The van der Waals surface area contributed by atoms with E-state index < -0.39 is 0 Å². The average molecular weight is 158 g/mol. The van der Waals surface area contributed by atoms with Gasteiger partial charge in [-0.25, -0.2) is 0 Å². The molecule has 1 nitrogen and oxygen atoms in total. The van der Waals surface area contributed by atoms with Gasteiger partial charge in [0.15, 0.2) is 0 Å². The van der Waals surface area contributed by atoms with Crippen LogP contribution in [0.3, 0.4) is 0 Å². The molecule has 0 heterocycles. The fraction of sp³-hybridized carbons (Fsp3) is 0.333. The Morgan fingerprint density at radius 3 is 1.73 bits per heavy atom. The molecular formula is C9H11NaO. The van der Waals surface area contributed by atoms with Crippen molar-refractivity contribution >= 4 is 0 Å². The molecule has 0 aliphatic carbocycles. The molecule has 0 saturated heterocycles. The summed E-state index contributed by atoms with van der Waals surface area (Å²) in [5.74, 6) is 0.172. The second-order valence-corrected chi connectivity index (χ2v) is 2.73. The van der Waals surface area contributed by atoms with Crippen molar-refractivity contribution in [1.29, 1.82) is 0 Å². The molecule has 0 aliphatic rings. The monoisotopic (exact) mass is 158 g/mol. The summed E-state index contributed by atoms with van der Waals surface area (Å²) in [6, 6.07) is 3.82. The van der Waals surface area contributed by atoms with Gasteiger partial charge in [-0.15, -0.1) is 5.75 Å². The second kappa shape index (κ2) is 4.15. The van der Waals surface area contributed by atoms with Gasteiger partial charge in [-0.3, -0.25) is 0 Å². The zero-order chi connectivity index (χ0) is 7.72. The molecule has 2 heteroatoms. The van der Waals surface area contributed by atoms with E-state index in [0.29, 0.717) is 0 Å². The van der Waals surface area contributed by atoms with Gasteiger partial charge in [-0.1, -0.05) is 28.8 Å². The van der Waals surface area contributed by atoms with Crippen LogP contribution in [0, 0.1) is 20.8 Å². The van der Waals surface area contributed by atoms with Crippen LogP contribution in [0.4, 0.5) is 0 Å². The molecule has 0 bridgehead atoms.